The molecule has 2 aliphatic carbocycles. The second-order valence-corrected chi connectivity index (χ2v) is 11.9. The molecule has 2 aromatic heterocycles. The second kappa shape index (κ2) is 10.9. The fourth-order valence-electron chi connectivity index (χ4n) is 4.37. The lowest BCUT2D eigenvalue weighted by Gasteiger charge is -2.06. The van der Waals surface area contributed by atoms with E-state index in [2.05, 4.69) is 10.3 Å². The molecule has 2 aliphatic rings. The first-order chi connectivity index (χ1) is 18.4. The van der Waals surface area contributed by atoms with Crippen molar-refractivity contribution >= 4 is 54.7 Å². The summed E-state index contributed by atoms with van der Waals surface area (Å²) in [6, 6.07) is 10.4. The highest BCUT2D eigenvalue weighted by Crippen LogP contribution is 2.48. The Bertz CT molecular complexity index is 1380. The van der Waals surface area contributed by atoms with Gasteiger partial charge in [0, 0.05) is 27.5 Å². The van der Waals surface area contributed by atoms with Gasteiger partial charge in [-0.1, -0.05) is 68.8 Å². The molecular weight excluding hydrogens is 593 g/mol. The van der Waals surface area contributed by atoms with Crippen LogP contribution < -0.4 is 0 Å². The second-order valence-electron chi connectivity index (χ2n) is 9.26. The monoisotopic (exact) mass is 611 g/mol. The highest BCUT2D eigenvalue weighted by atomic mass is 35.5. The molecule has 12 heteroatoms. The van der Waals surface area contributed by atoms with Crippen LogP contribution in [0.3, 0.4) is 0 Å². The molecular formula is C26H20Cl4N2O5P+. The van der Waals surface area contributed by atoms with Gasteiger partial charge in [-0.25, -0.2) is 0 Å². The average Bonchev–Trinajstić information content (AvgIpc) is 3.82. The van der Waals surface area contributed by atoms with E-state index < -0.39 is 8.25 Å². The Morgan fingerprint density at radius 1 is 0.711 bits per heavy atom. The molecule has 0 radical (unpaired) electrons. The molecule has 0 unspecified atom stereocenters. The summed E-state index contributed by atoms with van der Waals surface area (Å²) in [5, 5.41) is 10.2. The predicted molar refractivity (Wildman–Crippen MR) is 145 cm³/mol. The zero-order valence-electron chi connectivity index (χ0n) is 19.8. The lowest BCUT2D eigenvalue weighted by Crippen LogP contribution is -1.97. The first-order valence-electron chi connectivity index (χ1n) is 12.0. The summed E-state index contributed by atoms with van der Waals surface area (Å²) in [6.45, 7) is -0.104. The quantitative estimate of drug-likeness (QED) is 0.165. The van der Waals surface area contributed by atoms with E-state index in [1.807, 2.05) is 0 Å². The van der Waals surface area contributed by atoms with Crippen LogP contribution in [0.25, 0.3) is 22.5 Å². The predicted octanol–water partition coefficient (Wildman–Crippen LogP) is 9.76. The van der Waals surface area contributed by atoms with Crippen molar-refractivity contribution in [3.05, 3.63) is 79.1 Å². The van der Waals surface area contributed by atoms with E-state index >= 15 is 0 Å². The Kier molecular flexibility index (Phi) is 7.53. The molecule has 2 aromatic carbocycles. The van der Waals surface area contributed by atoms with Crippen LogP contribution in [0.4, 0.5) is 0 Å². The van der Waals surface area contributed by atoms with E-state index in [1.165, 1.54) is 0 Å². The third-order valence-electron chi connectivity index (χ3n) is 6.56. The summed E-state index contributed by atoms with van der Waals surface area (Å²) in [4.78, 5) is 0. The van der Waals surface area contributed by atoms with Crippen molar-refractivity contribution in [3.8, 4) is 22.5 Å². The van der Waals surface area contributed by atoms with Crippen LogP contribution in [-0.2, 0) is 26.8 Å². The van der Waals surface area contributed by atoms with E-state index in [1.54, 1.807) is 36.4 Å². The number of rotatable bonds is 10. The van der Waals surface area contributed by atoms with E-state index in [0.29, 0.717) is 65.3 Å². The minimum Gasteiger partial charge on any atom is -0.360 e. The van der Waals surface area contributed by atoms with E-state index in [-0.39, 0.29) is 25.0 Å². The van der Waals surface area contributed by atoms with Gasteiger partial charge in [0.25, 0.3) is 0 Å². The van der Waals surface area contributed by atoms with Crippen molar-refractivity contribution in [2.45, 2.75) is 50.7 Å². The Hall–Kier alpha value is -1.96. The topological polar surface area (TPSA) is 87.6 Å². The molecule has 38 heavy (non-hydrogen) atoms. The molecule has 0 atom stereocenters. The van der Waals surface area contributed by atoms with Crippen LogP contribution in [0.2, 0.25) is 20.1 Å². The molecule has 0 bridgehead atoms. The summed E-state index contributed by atoms with van der Waals surface area (Å²) in [6.07, 6.45) is 3.91. The molecule has 7 nitrogen and oxygen atoms in total. The molecule has 0 aliphatic heterocycles. The Morgan fingerprint density at radius 2 is 1.08 bits per heavy atom. The van der Waals surface area contributed by atoms with Crippen molar-refractivity contribution in [2.75, 3.05) is 0 Å². The molecule has 0 spiro atoms. The maximum Gasteiger partial charge on any atom is 0.698 e. The first kappa shape index (κ1) is 26.3. The zero-order chi connectivity index (χ0) is 26.4. The number of hydrogen-bond acceptors (Lipinski definition) is 7. The highest BCUT2D eigenvalue weighted by molar-refractivity contribution is 7.33. The zero-order valence-corrected chi connectivity index (χ0v) is 23.7. The summed E-state index contributed by atoms with van der Waals surface area (Å²) in [5.74, 6) is 1.84. The largest absolute Gasteiger partial charge is 0.698 e. The molecule has 0 N–H and O–H groups in total. The summed E-state index contributed by atoms with van der Waals surface area (Å²) >= 11 is 25.7. The van der Waals surface area contributed by atoms with Crippen LogP contribution in [0.15, 0.2) is 45.4 Å². The van der Waals surface area contributed by atoms with Gasteiger partial charge < -0.3 is 9.05 Å². The molecule has 4 aromatic rings. The van der Waals surface area contributed by atoms with Crippen molar-refractivity contribution < 1.29 is 22.7 Å². The summed E-state index contributed by atoms with van der Waals surface area (Å²) in [5.41, 5.74) is 3.33. The molecule has 2 heterocycles. The van der Waals surface area contributed by atoms with Crippen LogP contribution in [0, 0.1) is 0 Å². The first-order valence-corrected chi connectivity index (χ1v) is 14.6. The molecule has 2 fully saturated rings. The average molecular weight is 613 g/mol. The number of hydrogen-bond donors (Lipinski definition) is 0. The SMILES string of the molecule is O=[P+](OCc1c(-c2c(Cl)cccc2Cl)noc1C1CC1)OCc1c(-c2c(Cl)cccc2Cl)noc1C1CC1. The van der Waals surface area contributed by atoms with Crippen LogP contribution in [0.1, 0.15) is 60.2 Å². The van der Waals surface area contributed by atoms with Crippen molar-refractivity contribution in [1.29, 1.82) is 0 Å². The third-order valence-corrected chi connectivity index (χ3v) is 8.50. The van der Waals surface area contributed by atoms with E-state index in [9.17, 15) is 4.57 Å². The summed E-state index contributed by atoms with van der Waals surface area (Å²) in [7, 11) is -2.53. The van der Waals surface area contributed by atoms with Gasteiger partial charge in [0.2, 0.25) is 0 Å². The Morgan fingerprint density at radius 3 is 1.42 bits per heavy atom. The molecule has 0 saturated heterocycles. The maximum absolute atomic E-state index is 12.9. The van der Waals surface area contributed by atoms with Gasteiger partial charge in [-0.2, -0.15) is 0 Å². The number of aromatic nitrogens is 2. The van der Waals surface area contributed by atoms with Gasteiger partial charge in [0.05, 0.1) is 31.2 Å². The molecule has 2 saturated carbocycles. The van der Waals surface area contributed by atoms with Gasteiger partial charge >= 0.3 is 8.25 Å². The van der Waals surface area contributed by atoms with Gasteiger partial charge in [-0.05, 0) is 49.9 Å². The van der Waals surface area contributed by atoms with Crippen molar-refractivity contribution in [3.63, 3.8) is 0 Å². The van der Waals surface area contributed by atoms with Gasteiger partial charge in [0.1, 0.15) is 36.1 Å². The minimum absolute atomic E-state index is 0.0518. The highest BCUT2D eigenvalue weighted by Gasteiger charge is 2.37. The van der Waals surface area contributed by atoms with Crippen molar-refractivity contribution in [2.24, 2.45) is 0 Å². The Balaban J connectivity index is 1.21. The van der Waals surface area contributed by atoms with Crippen LogP contribution in [-0.4, -0.2) is 10.3 Å². The smallest absolute Gasteiger partial charge is 0.360 e. The van der Waals surface area contributed by atoms with E-state index in [4.69, 9.17) is 64.5 Å². The molecule has 0 amide bonds. The standard InChI is InChI=1S/C26H20Cl4N2O5P/c27-17-3-1-4-18(28)21(17)23-15(25(36-31-23)13-7-8-13)11-34-38(33)35-12-16-24(32-37-26(16)14-9-10-14)22-19(29)5-2-6-20(22)30/h1-6,13-14H,7-12H2/q+1. The molecule has 196 valence electrons. The molecule has 6 rings (SSSR count). The summed E-state index contributed by atoms with van der Waals surface area (Å²) < 4.78 is 35.5. The van der Waals surface area contributed by atoms with Gasteiger partial charge in [-0.15, -0.1) is 9.05 Å². The van der Waals surface area contributed by atoms with Crippen LogP contribution >= 0.6 is 54.7 Å². The fourth-order valence-corrected chi connectivity index (χ4v) is 6.06. The fraction of sp³-hybridized carbons (Fsp3) is 0.308. The number of nitrogens with zero attached hydrogens (tertiary/aromatic N) is 2. The van der Waals surface area contributed by atoms with Gasteiger partial charge in [-0.3, -0.25) is 0 Å². The minimum atomic E-state index is -2.53. The van der Waals surface area contributed by atoms with Crippen molar-refractivity contribution in [1.82, 2.24) is 10.3 Å². The lowest BCUT2D eigenvalue weighted by atomic mass is 10.0. The lowest BCUT2D eigenvalue weighted by molar-refractivity contribution is 0.211. The van der Waals surface area contributed by atoms with Crippen LogP contribution in [0.5, 0.6) is 0 Å². The Labute approximate surface area is 239 Å². The van der Waals surface area contributed by atoms with E-state index in [0.717, 1.165) is 25.7 Å². The number of halogens is 4. The number of benzene rings is 2. The maximum atomic E-state index is 12.9. The van der Waals surface area contributed by atoms with Gasteiger partial charge in [0.15, 0.2) is 0 Å². The third kappa shape index (κ3) is 5.26. The normalized spacial score (nSPS) is 15.3.